The Hall–Kier alpha value is -2.44. The van der Waals surface area contributed by atoms with Crippen LogP contribution in [0.5, 0.6) is 0 Å². The third-order valence-electron chi connectivity index (χ3n) is 4.14. The molecule has 1 aromatic carbocycles. The molecule has 2 unspecified atom stereocenters. The normalized spacial score (nSPS) is 27.6. The van der Waals surface area contributed by atoms with E-state index < -0.39 is 0 Å². The minimum atomic E-state index is -0.287. The van der Waals surface area contributed by atoms with Crippen LogP contribution in [-0.2, 0) is 14.3 Å². The molecule has 3 amide bonds. The zero-order valence-electron chi connectivity index (χ0n) is 13.1. The van der Waals surface area contributed by atoms with Crippen LogP contribution in [0.4, 0.5) is 4.79 Å². The van der Waals surface area contributed by atoms with Crippen molar-refractivity contribution in [2.24, 2.45) is 0 Å². The van der Waals surface area contributed by atoms with Gasteiger partial charge in [0.1, 0.15) is 5.70 Å². The minimum absolute atomic E-state index is 0.0175. The highest BCUT2D eigenvalue weighted by Gasteiger charge is 2.45. The number of rotatable bonds is 6. The molecule has 0 N–H and O–H groups in total. The van der Waals surface area contributed by atoms with E-state index in [2.05, 4.69) is 0 Å². The van der Waals surface area contributed by atoms with Gasteiger partial charge in [-0.1, -0.05) is 42.5 Å². The molecule has 6 nitrogen and oxygen atoms in total. The van der Waals surface area contributed by atoms with E-state index >= 15 is 0 Å². The van der Waals surface area contributed by atoms with E-state index in [-0.39, 0.29) is 24.1 Å². The van der Waals surface area contributed by atoms with E-state index in [4.69, 9.17) is 9.47 Å². The summed E-state index contributed by atoms with van der Waals surface area (Å²) in [5, 5.41) is 0. The van der Waals surface area contributed by atoms with Gasteiger partial charge in [-0.2, -0.15) is 0 Å². The lowest BCUT2D eigenvalue weighted by Gasteiger charge is -2.15. The van der Waals surface area contributed by atoms with E-state index in [1.54, 1.807) is 12.2 Å². The number of carbonyl (C=O) groups excluding carboxylic acids is 2. The fourth-order valence-corrected chi connectivity index (χ4v) is 2.66. The Balaban J connectivity index is 1.54. The van der Waals surface area contributed by atoms with Crippen LogP contribution in [-0.4, -0.2) is 60.2 Å². The third kappa shape index (κ3) is 3.25. The summed E-state index contributed by atoms with van der Waals surface area (Å²) in [4.78, 5) is 27.9. The molecule has 3 fully saturated rings. The number of carbonyl (C=O) groups is 2. The van der Waals surface area contributed by atoms with Crippen molar-refractivity contribution in [3.05, 3.63) is 53.7 Å². The lowest BCUT2D eigenvalue weighted by Crippen LogP contribution is -2.36. The molecule has 4 rings (SSSR count). The molecule has 124 valence electrons. The van der Waals surface area contributed by atoms with Crippen LogP contribution in [0.15, 0.2) is 48.2 Å². The van der Waals surface area contributed by atoms with Crippen LogP contribution in [0.2, 0.25) is 0 Å². The van der Waals surface area contributed by atoms with E-state index in [1.165, 1.54) is 9.80 Å². The molecule has 3 heterocycles. The quantitative estimate of drug-likeness (QED) is 0.453. The third-order valence-corrected chi connectivity index (χ3v) is 4.14. The minimum Gasteiger partial charge on any atom is -0.371 e. The summed E-state index contributed by atoms with van der Waals surface area (Å²) in [6.45, 7) is 1.98. The number of allylic oxidation sites excluding steroid dienone is 2. The van der Waals surface area contributed by atoms with Crippen molar-refractivity contribution >= 4 is 18.0 Å². The smallest absolute Gasteiger partial charge is 0.331 e. The van der Waals surface area contributed by atoms with Crippen LogP contribution in [0, 0.1) is 0 Å². The highest BCUT2D eigenvalue weighted by molar-refractivity contribution is 6.11. The molecular formula is C18H18N2O4. The van der Waals surface area contributed by atoms with Crippen molar-refractivity contribution in [3.63, 3.8) is 0 Å². The van der Waals surface area contributed by atoms with Crippen LogP contribution < -0.4 is 0 Å². The maximum Gasteiger partial charge on any atom is 0.331 e. The molecule has 0 radical (unpaired) electrons. The van der Waals surface area contributed by atoms with Crippen LogP contribution in [0.1, 0.15) is 5.56 Å². The summed E-state index contributed by atoms with van der Waals surface area (Å²) >= 11 is 0. The van der Waals surface area contributed by atoms with Gasteiger partial charge in [0, 0.05) is 0 Å². The summed E-state index contributed by atoms with van der Waals surface area (Å²) < 4.78 is 10.4. The first kappa shape index (κ1) is 15.1. The Bertz CT molecular complexity index is 705. The van der Waals surface area contributed by atoms with Crippen molar-refractivity contribution in [3.8, 4) is 0 Å². The summed E-state index contributed by atoms with van der Waals surface area (Å²) in [6.07, 6.45) is 5.41. The summed E-state index contributed by atoms with van der Waals surface area (Å²) in [5.74, 6) is -0.270. The number of hydrogen-bond acceptors (Lipinski definition) is 4. The Morgan fingerprint density at radius 3 is 2.25 bits per heavy atom. The van der Waals surface area contributed by atoms with E-state index in [1.807, 2.05) is 36.4 Å². The molecule has 6 heteroatoms. The fraction of sp³-hybridized carbons (Fsp3) is 0.333. The second kappa shape index (κ2) is 6.22. The van der Waals surface area contributed by atoms with Gasteiger partial charge in [0.25, 0.3) is 5.91 Å². The summed E-state index contributed by atoms with van der Waals surface area (Å²) in [5.41, 5.74) is 1.43. The largest absolute Gasteiger partial charge is 0.371 e. The maximum absolute atomic E-state index is 12.6. The van der Waals surface area contributed by atoms with Crippen LogP contribution in [0.25, 0.3) is 6.08 Å². The predicted octanol–water partition coefficient (Wildman–Crippen LogP) is 1.65. The summed E-state index contributed by atoms with van der Waals surface area (Å²) in [7, 11) is 0. The first-order chi connectivity index (χ1) is 11.7. The Labute approximate surface area is 139 Å². The second-order valence-corrected chi connectivity index (χ2v) is 6.04. The fourth-order valence-electron chi connectivity index (χ4n) is 2.66. The van der Waals surface area contributed by atoms with E-state index in [0.29, 0.717) is 32.0 Å². The SMILES string of the molecule is O=C1C(=CC=Cc2ccccc2)N(CC2CO2)C(=O)N1CC1CO1. The molecule has 1 aromatic rings. The van der Waals surface area contributed by atoms with Crippen LogP contribution >= 0.6 is 0 Å². The molecule has 24 heavy (non-hydrogen) atoms. The number of ether oxygens (including phenoxy) is 2. The zero-order chi connectivity index (χ0) is 16.5. The van der Waals surface area contributed by atoms with Crippen LogP contribution in [0.3, 0.4) is 0 Å². The van der Waals surface area contributed by atoms with Gasteiger partial charge in [-0.25, -0.2) is 4.79 Å². The molecule has 3 saturated heterocycles. The number of hydrogen-bond donors (Lipinski definition) is 0. The number of benzene rings is 1. The van der Waals surface area contributed by atoms with E-state index in [9.17, 15) is 9.59 Å². The van der Waals surface area contributed by atoms with Gasteiger partial charge in [0.05, 0.1) is 38.5 Å². The standard InChI is InChI=1S/C18H18N2O4/c21-17-16(8-4-7-13-5-2-1-3-6-13)19(9-14-11-23-14)18(22)20(17)10-15-12-24-15/h1-8,14-15H,9-12H2. The van der Waals surface area contributed by atoms with Gasteiger partial charge in [-0.15, -0.1) is 0 Å². The van der Waals surface area contributed by atoms with Gasteiger partial charge in [-0.05, 0) is 11.6 Å². The molecular weight excluding hydrogens is 308 g/mol. The topological polar surface area (TPSA) is 65.7 Å². The first-order valence-electron chi connectivity index (χ1n) is 8.02. The molecule has 0 aromatic heterocycles. The second-order valence-electron chi connectivity index (χ2n) is 6.04. The Morgan fingerprint density at radius 1 is 1.00 bits per heavy atom. The summed E-state index contributed by atoms with van der Waals surface area (Å²) in [6, 6.07) is 9.51. The van der Waals surface area contributed by atoms with Gasteiger partial charge < -0.3 is 9.47 Å². The van der Waals surface area contributed by atoms with Gasteiger partial charge in [0.2, 0.25) is 0 Å². The van der Waals surface area contributed by atoms with Gasteiger partial charge in [-0.3, -0.25) is 14.6 Å². The highest BCUT2D eigenvalue weighted by atomic mass is 16.6. The maximum atomic E-state index is 12.6. The monoisotopic (exact) mass is 326 g/mol. The molecule has 3 aliphatic heterocycles. The number of imide groups is 1. The number of epoxide rings is 2. The molecule has 0 saturated carbocycles. The van der Waals surface area contributed by atoms with Gasteiger partial charge >= 0.3 is 6.03 Å². The van der Waals surface area contributed by atoms with Crippen molar-refractivity contribution < 1.29 is 19.1 Å². The molecule has 0 bridgehead atoms. The van der Waals surface area contributed by atoms with Crippen molar-refractivity contribution in [2.75, 3.05) is 26.3 Å². The average Bonchev–Trinajstić information content (AvgIpc) is 3.49. The number of amides is 3. The zero-order valence-corrected chi connectivity index (χ0v) is 13.1. The van der Waals surface area contributed by atoms with Crippen molar-refractivity contribution in [1.29, 1.82) is 0 Å². The molecule has 2 atom stereocenters. The lowest BCUT2D eigenvalue weighted by atomic mass is 10.2. The lowest BCUT2D eigenvalue weighted by molar-refractivity contribution is -0.123. The average molecular weight is 326 g/mol. The molecule has 0 aliphatic carbocycles. The highest BCUT2D eigenvalue weighted by Crippen LogP contribution is 2.26. The van der Waals surface area contributed by atoms with E-state index in [0.717, 1.165) is 5.56 Å². The first-order valence-corrected chi connectivity index (χ1v) is 8.02. The van der Waals surface area contributed by atoms with Gasteiger partial charge in [0.15, 0.2) is 0 Å². The number of nitrogens with zero attached hydrogens (tertiary/aromatic N) is 2. The number of urea groups is 1. The predicted molar refractivity (Wildman–Crippen MR) is 86.9 cm³/mol. The van der Waals surface area contributed by atoms with Crippen molar-refractivity contribution in [1.82, 2.24) is 9.80 Å². The Kier molecular flexibility index (Phi) is 3.92. The molecule has 0 spiro atoms. The van der Waals surface area contributed by atoms with Crippen molar-refractivity contribution in [2.45, 2.75) is 12.2 Å². The molecule has 3 aliphatic rings. The Morgan fingerprint density at radius 2 is 1.62 bits per heavy atom.